The second-order valence-electron chi connectivity index (χ2n) is 6.26. The summed E-state index contributed by atoms with van der Waals surface area (Å²) in [5.41, 5.74) is 0.237. The summed E-state index contributed by atoms with van der Waals surface area (Å²) in [6.45, 7) is 9.02. The Hall–Kier alpha value is -0.330. The molecule has 1 aliphatic carbocycles. The van der Waals surface area contributed by atoms with Crippen molar-refractivity contribution >= 4 is 5.78 Å². The Morgan fingerprint density at radius 1 is 1.31 bits per heavy atom. The number of Topliss-reactive ketones (excluding diaryl/α,β-unsaturated/α-hetero) is 1. The van der Waals surface area contributed by atoms with Gasteiger partial charge in [0.05, 0.1) is 0 Å². The number of rotatable bonds is 5. The maximum absolute atomic E-state index is 12.3. The number of carbonyl (C=O) groups excluding carboxylic acids is 1. The fourth-order valence-corrected chi connectivity index (χ4v) is 3.43. The van der Waals surface area contributed by atoms with Crippen LogP contribution in [0.2, 0.25) is 0 Å². The summed E-state index contributed by atoms with van der Waals surface area (Å²) in [7, 11) is 0. The van der Waals surface area contributed by atoms with Crippen molar-refractivity contribution in [3.63, 3.8) is 0 Å². The van der Waals surface area contributed by atoms with E-state index in [1.807, 2.05) is 0 Å². The molecule has 94 valence electrons. The van der Waals surface area contributed by atoms with Gasteiger partial charge in [-0.2, -0.15) is 0 Å². The van der Waals surface area contributed by atoms with E-state index >= 15 is 0 Å². The maximum Gasteiger partial charge on any atom is 0.136 e. The van der Waals surface area contributed by atoms with Crippen molar-refractivity contribution in [2.45, 2.75) is 72.6 Å². The fourth-order valence-electron chi connectivity index (χ4n) is 3.43. The molecule has 0 amide bonds. The van der Waals surface area contributed by atoms with Crippen LogP contribution in [0, 0.1) is 17.3 Å². The van der Waals surface area contributed by atoms with Crippen molar-refractivity contribution in [1.82, 2.24) is 0 Å². The summed E-state index contributed by atoms with van der Waals surface area (Å²) in [6, 6.07) is 0. The topological polar surface area (TPSA) is 17.1 Å². The van der Waals surface area contributed by atoms with Gasteiger partial charge in [0.15, 0.2) is 0 Å². The summed E-state index contributed by atoms with van der Waals surface area (Å²) < 4.78 is 0. The fraction of sp³-hybridized carbons (Fsp3) is 0.933. The monoisotopic (exact) mass is 224 g/mol. The third kappa shape index (κ3) is 3.33. The average Bonchev–Trinajstić information content (AvgIpc) is 2.16. The third-order valence-corrected chi connectivity index (χ3v) is 4.27. The van der Waals surface area contributed by atoms with E-state index in [9.17, 15) is 4.79 Å². The minimum absolute atomic E-state index is 0.237. The molecule has 2 atom stereocenters. The average molecular weight is 224 g/mol. The molecule has 2 unspecified atom stereocenters. The highest BCUT2D eigenvalue weighted by atomic mass is 16.1. The summed E-state index contributed by atoms with van der Waals surface area (Å²) in [5.74, 6) is 1.45. The van der Waals surface area contributed by atoms with Crippen LogP contribution in [0.3, 0.4) is 0 Å². The van der Waals surface area contributed by atoms with Crippen LogP contribution in [0.4, 0.5) is 0 Å². The van der Waals surface area contributed by atoms with Crippen LogP contribution in [0.15, 0.2) is 0 Å². The van der Waals surface area contributed by atoms with E-state index in [1.54, 1.807) is 0 Å². The first-order chi connectivity index (χ1) is 7.49. The Bertz CT molecular complexity index is 230. The van der Waals surface area contributed by atoms with Crippen LogP contribution in [0.1, 0.15) is 72.6 Å². The zero-order valence-electron chi connectivity index (χ0n) is 11.5. The van der Waals surface area contributed by atoms with E-state index in [0.29, 0.717) is 17.6 Å². The standard InChI is InChI=1S/C15H28O/c1-5-6-7-10-13(16)14-12(2)9-8-11-15(14,3)4/h12,14H,5-11H2,1-4H3. The van der Waals surface area contributed by atoms with E-state index in [2.05, 4.69) is 27.7 Å². The number of hydrogen-bond acceptors (Lipinski definition) is 1. The van der Waals surface area contributed by atoms with E-state index in [4.69, 9.17) is 0 Å². The minimum Gasteiger partial charge on any atom is -0.299 e. The van der Waals surface area contributed by atoms with Crippen molar-refractivity contribution < 1.29 is 4.79 Å². The lowest BCUT2D eigenvalue weighted by atomic mass is 9.62. The van der Waals surface area contributed by atoms with Gasteiger partial charge in [-0.15, -0.1) is 0 Å². The van der Waals surface area contributed by atoms with Crippen molar-refractivity contribution in [2.75, 3.05) is 0 Å². The number of carbonyl (C=O) groups is 1. The molecule has 0 aliphatic heterocycles. The normalized spacial score (nSPS) is 29.0. The molecule has 16 heavy (non-hydrogen) atoms. The number of ketones is 1. The van der Waals surface area contributed by atoms with E-state index < -0.39 is 0 Å². The second kappa shape index (κ2) is 5.84. The third-order valence-electron chi connectivity index (χ3n) is 4.27. The highest BCUT2D eigenvalue weighted by molar-refractivity contribution is 5.82. The quantitative estimate of drug-likeness (QED) is 0.624. The molecule has 0 N–H and O–H groups in total. The largest absolute Gasteiger partial charge is 0.299 e. The van der Waals surface area contributed by atoms with Crippen molar-refractivity contribution in [3.8, 4) is 0 Å². The van der Waals surface area contributed by atoms with Crippen molar-refractivity contribution in [2.24, 2.45) is 17.3 Å². The van der Waals surface area contributed by atoms with Gasteiger partial charge < -0.3 is 0 Å². The first-order valence-electron chi connectivity index (χ1n) is 7.01. The molecule has 0 saturated heterocycles. The Morgan fingerprint density at radius 2 is 2.00 bits per heavy atom. The molecular weight excluding hydrogens is 196 g/mol. The molecule has 0 heterocycles. The van der Waals surface area contributed by atoms with Gasteiger partial charge in [0.1, 0.15) is 5.78 Å². The van der Waals surface area contributed by atoms with Gasteiger partial charge in [-0.1, -0.05) is 47.0 Å². The molecule has 0 aromatic carbocycles. The maximum atomic E-state index is 12.3. The van der Waals surface area contributed by atoms with Crippen LogP contribution < -0.4 is 0 Å². The molecule has 1 aliphatic rings. The van der Waals surface area contributed by atoms with Crippen molar-refractivity contribution in [1.29, 1.82) is 0 Å². The lowest BCUT2D eigenvalue weighted by Gasteiger charge is -2.42. The molecule has 1 nitrogen and oxygen atoms in total. The molecule has 0 aromatic rings. The van der Waals surface area contributed by atoms with Gasteiger partial charge in [-0.25, -0.2) is 0 Å². The number of hydrogen-bond donors (Lipinski definition) is 0. The molecule has 1 heteroatoms. The van der Waals surface area contributed by atoms with Gasteiger partial charge in [0, 0.05) is 12.3 Å². The summed E-state index contributed by atoms with van der Waals surface area (Å²) in [4.78, 5) is 12.3. The Kier molecular flexibility index (Phi) is 5.01. The highest BCUT2D eigenvalue weighted by Gasteiger charge is 2.40. The van der Waals surface area contributed by atoms with Gasteiger partial charge in [0.25, 0.3) is 0 Å². The molecule has 0 radical (unpaired) electrons. The smallest absolute Gasteiger partial charge is 0.136 e. The highest BCUT2D eigenvalue weighted by Crippen LogP contribution is 2.44. The van der Waals surface area contributed by atoms with Gasteiger partial charge in [-0.05, 0) is 30.6 Å². The van der Waals surface area contributed by atoms with Crippen LogP contribution in [-0.4, -0.2) is 5.78 Å². The number of unbranched alkanes of at least 4 members (excludes halogenated alkanes) is 2. The second-order valence-corrected chi connectivity index (χ2v) is 6.26. The van der Waals surface area contributed by atoms with Gasteiger partial charge >= 0.3 is 0 Å². The Labute approximate surface area is 101 Å². The van der Waals surface area contributed by atoms with Crippen LogP contribution in [-0.2, 0) is 4.79 Å². The van der Waals surface area contributed by atoms with Crippen LogP contribution >= 0.6 is 0 Å². The molecule has 0 spiro atoms. The summed E-state index contributed by atoms with van der Waals surface area (Å²) in [6.07, 6.45) is 8.08. The predicted molar refractivity (Wildman–Crippen MR) is 69.4 cm³/mol. The zero-order chi connectivity index (χ0) is 12.2. The first-order valence-corrected chi connectivity index (χ1v) is 7.01. The molecule has 1 rings (SSSR count). The zero-order valence-corrected chi connectivity index (χ0v) is 11.5. The predicted octanol–water partition coefficient (Wildman–Crippen LogP) is 4.60. The SMILES string of the molecule is CCCCCC(=O)C1C(C)CCCC1(C)C. The molecule has 1 fully saturated rings. The van der Waals surface area contributed by atoms with Crippen LogP contribution in [0.25, 0.3) is 0 Å². The molecular formula is C15H28O. The van der Waals surface area contributed by atoms with E-state index in [0.717, 1.165) is 12.8 Å². The Morgan fingerprint density at radius 3 is 2.56 bits per heavy atom. The molecule has 1 saturated carbocycles. The summed E-state index contributed by atoms with van der Waals surface area (Å²) in [5, 5.41) is 0. The minimum atomic E-state index is 0.237. The van der Waals surface area contributed by atoms with Crippen molar-refractivity contribution in [3.05, 3.63) is 0 Å². The summed E-state index contributed by atoms with van der Waals surface area (Å²) >= 11 is 0. The van der Waals surface area contributed by atoms with E-state index in [1.165, 1.54) is 32.1 Å². The Balaban J connectivity index is 2.56. The first kappa shape index (κ1) is 13.7. The molecule has 0 bridgehead atoms. The van der Waals surface area contributed by atoms with E-state index in [-0.39, 0.29) is 5.41 Å². The van der Waals surface area contributed by atoms with Gasteiger partial charge in [-0.3, -0.25) is 4.79 Å². The molecule has 0 aromatic heterocycles. The lowest BCUT2D eigenvalue weighted by Crippen LogP contribution is -2.39. The van der Waals surface area contributed by atoms with Gasteiger partial charge in [0.2, 0.25) is 0 Å². The van der Waals surface area contributed by atoms with Crippen LogP contribution in [0.5, 0.6) is 0 Å². The lowest BCUT2D eigenvalue weighted by molar-refractivity contribution is -0.130.